The molecule has 0 fully saturated rings. The SMILES string of the molecule is N=c1c(=O)n(O)c(NCc2ccco2)c(N)n1O. The highest BCUT2D eigenvalue weighted by atomic mass is 16.5. The highest BCUT2D eigenvalue weighted by Crippen LogP contribution is 2.13. The number of aromatic nitrogens is 2. The lowest BCUT2D eigenvalue weighted by molar-refractivity contribution is 0.143. The van der Waals surface area contributed by atoms with Gasteiger partial charge >= 0.3 is 5.56 Å². The molecule has 2 aromatic rings. The molecule has 0 amide bonds. The summed E-state index contributed by atoms with van der Waals surface area (Å²) < 4.78 is 5.38. The Bertz CT molecular complexity index is 669. The maximum absolute atomic E-state index is 11.3. The summed E-state index contributed by atoms with van der Waals surface area (Å²) in [5, 5.41) is 28.7. The van der Waals surface area contributed by atoms with E-state index in [4.69, 9.17) is 15.6 Å². The van der Waals surface area contributed by atoms with Crippen LogP contribution >= 0.6 is 0 Å². The summed E-state index contributed by atoms with van der Waals surface area (Å²) in [6.07, 6.45) is 1.46. The summed E-state index contributed by atoms with van der Waals surface area (Å²) in [6.45, 7) is 0.147. The number of hydrogen-bond acceptors (Lipinski definition) is 7. The molecule has 0 saturated carbocycles. The molecule has 0 aromatic carbocycles. The van der Waals surface area contributed by atoms with Crippen LogP contribution in [0, 0.1) is 5.41 Å². The summed E-state index contributed by atoms with van der Waals surface area (Å²) in [5.41, 5.74) is 3.52. The fraction of sp³-hybridized carbons (Fsp3) is 0.111. The minimum atomic E-state index is -1.10. The second-order valence-corrected chi connectivity index (χ2v) is 3.44. The molecular formula is C9H11N5O4. The maximum Gasteiger partial charge on any atom is 0.330 e. The smallest absolute Gasteiger partial charge is 0.330 e. The molecule has 0 saturated heterocycles. The van der Waals surface area contributed by atoms with E-state index in [-0.39, 0.29) is 27.6 Å². The van der Waals surface area contributed by atoms with Gasteiger partial charge in [-0.15, -0.1) is 9.46 Å². The predicted octanol–water partition coefficient (Wildman–Crippen LogP) is -0.609. The fourth-order valence-corrected chi connectivity index (χ4v) is 1.37. The number of nitrogens with zero attached hydrogens (tertiary/aromatic N) is 2. The second kappa shape index (κ2) is 4.20. The van der Waals surface area contributed by atoms with Crippen LogP contribution < -0.4 is 22.1 Å². The number of furan rings is 1. The molecule has 2 aromatic heterocycles. The van der Waals surface area contributed by atoms with E-state index in [2.05, 4.69) is 5.32 Å². The van der Waals surface area contributed by atoms with Gasteiger partial charge in [0.25, 0.3) is 0 Å². The van der Waals surface area contributed by atoms with Crippen LogP contribution in [-0.2, 0) is 6.54 Å². The Hall–Kier alpha value is -2.84. The summed E-state index contributed by atoms with van der Waals surface area (Å²) in [4.78, 5) is 11.3. The first-order valence-corrected chi connectivity index (χ1v) is 4.89. The molecule has 6 N–H and O–H groups in total. The van der Waals surface area contributed by atoms with E-state index in [1.807, 2.05) is 0 Å². The summed E-state index contributed by atoms with van der Waals surface area (Å²) in [6, 6.07) is 3.35. The van der Waals surface area contributed by atoms with E-state index in [9.17, 15) is 15.2 Å². The van der Waals surface area contributed by atoms with Gasteiger partial charge in [-0.25, -0.2) is 0 Å². The Morgan fingerprint density at radius 3 is 2.78 bits per heavy atom. The van der Waals surface area contributed by atoms with Crippen molar-refractivity contribution in [3.8, 4) is 0 Å². The van der Waals surface area contributed by atoms with Crippen molar-refractivity contribution in [3.05, 3.63) is 40.0 Å². The Balaban J connectivity index is 2.39. The lowest BCUT2D eigenvalue weighted by Gasteiger charge is -2.12. The van der Waals surface area contributed by atoms with E-state index >= 15 is 0 Å². The third-order valence-corrected chi connectivity index (χ3v) is 2.30. The van der Waals surface area contributed by atoms with Crippen LogP contribution in [0.1, 0.15) is 5.76 Å². The Morgan fingerprint density at radius 2 is 2.17 bits per heavy atom. The topological polar surface area (TPSA) is 142 Å². The van der Waals surface area contributed by atoms with Crippen LogP contribution in [0.25, 0.3) is 0 Å². The molecule has 0 radical (unpaired) electrons. The minimum absolute atomic E-state index is 0.147. The minimum Gasteiger partial charge on any atom is -0.467 e. The average Bonchev–Trinajstić information content (AvgIpc) is 2.87. The van der Waals surface area contributed by atoms with Crippen molar-refractivity contribution in [1.82, 2.24) is 9.46 Å². The van der Waals surface area contributed by atoms with Gasteiger partial charge in [0.2, 0.25) is 5.49 Å². The van der Waals surface area contributed by atoms with Gasteiger partial charge in [0.05, 0.1) is 12.8 Å². The van der Waals surface area contributed by atoms with Crippen molar-refractivity contribution >= 4 is 11.6 Å². The zero-order valence-corrected chi connectivity index (χ0v) is 9.12. The molecule has 2 heterocycles. The molecule has 0 aliphatic carbocycles. The van der Waals surface area contributed by atoms with Crippen LogP contribution in [-0.4, -0.2) is 19.9 Å². The van der Waals surface area contributed by atoms with Gasteiger partial charge in [-0.05, 0) is 12.1 Å². The Labute approximate surface area is 99.7 Å². The van der Waals surface area contributed by atoms with Crippen molar-refractivity contribution in [2.75, 3.05) is 11.1 Å². The van der Waals surface area contributed by atoms with Crippen LogP contribution in [0.2, 0.25) is 0 Å². The first-order chi connectivity index (χ1) is 8.52. The van der Waals surface area contributed by atoms with Crippen LogP contribution in [0.5, 0.6) is 0 Å². The summed E-state index contributed by atoms with van der Waals surface area (Å²) >= 11 is 0. The molecule has 0 atom stereocenters. The van der Waals surface area contributed by atoms with E-state index in [0.717, 1.165) is 0 Å². The molecule has 9 nitrogen and oxygen atoms in total. The standard InChI is InChI=1S/C9H11N5O4/c10-6-8(12-4-5-2-1-3-18-5)14(17)9(15)7(11)13(6)16/h1-3,11-12,16-17H,4,10H2. The Kier molecular flexibility index (Phi) is 2.72. The van der Waals surface area contributed by atoms with Crippen molar-refractivity contribution in [2.45, 2.75) is 6.54 Å². The van der Waals surface area contributed by atoms with Crippen molar-refractivity contribution in [1.29, 1.82) is 5.41 Å². The molecule has 9 heteroatoms. The van der Waals surface area contributed by atoms with E-state index in [1.165, 1.54) is 6.26 Å². The molecule has 0 aliphatic rings. The third kappa shape index (κ3) is 1.77. The zero-order chi connectivity index (χ0) is 13.3. The van der Waals surface area contributed by atoms with E-state index in [0.29, 0.717) is 5.76 Å². The first kappa shape index (κ1) is 11.6. The van der Waals surface area contributed by atoms with Crippen molar-refractivity contribution in [2.24, 2.45) is 0 Å². The van der Waals surface area contributed by atoms with Crippen molar-refractivity contribution in [3.63, 3.8) is 0 Å². The average molecular weight is 253 g/mol. The second-order valence-electron chi connectivity index (χ2n) is 3.44. The molecule has 18 heavy (non-hydrogen) atoms. The van der Waals surface area contributed by atoms with Gasteiger partial charge in [-0.1, -0.05) is 0 Å². The quantitative estimate of drug-likeness (QED) is 0.462. The zero-order valence-electron chi connectivity index (χ0n) is 9.12. The molecule has 96 valence electrons. The van der Waals surface area contributed by atoms with Crippen molar-refractivity contribution < 1.29 is 14.8 Å². The number of rotatable bonds is 3. The third-order valence-electron chi connectivity index (χ3n) is 2.30. The highest BCUT2D eigenvalue weighted by Gasteiger charge is 2.14. The number of anilines is 2. The number of nitrogens with one attached hydrogen (secondary N) is 2. The Morgan fingerprint density at radius 1 is 1.44 bits per heavy atom. The van der Waals surface area contributed by atoms with Gasteiger partial charge < -0.3 is 25.9 Å². The van der Waals surface area contributed by atoms with Gasteiger partial charge in [-0.3, -0.25) is 10.2 Å². The van der Waals surface area contributed by atoms with E-state index in [1.54, 1.807) is 12.1 Å². The van der Waals surface area contributed by atoms with Gasteiger partial charge in [0, 0.05) is 0 Å². The first-order valence-electron chi connectivity index (χ1n) is 4.89. The molecule has 0 spiro atoms. The fourth-order valence-electron chi connectivity index (χ4n) is 1.37. The molecule has 2 rings (SSSR count). The highest BCUT2D eigenvalue weighted by molar-refractivity contribution is 5.56. The largest absolute Gasteiger partial charge is 0.467 e. The number of hydrogen-bond donors (Lipinski definition) is 5. The van der Waals surface area contributed by atoms with E-state index < -0.39 is 11.0 Å². The predicted molar refractivity (Wildman–Crippen MR) is 59.4 cm³/mol. The molecular weight excluding hydrogens is 242 g/mol. The van der Waals surface area contributed by atoms with Gasteiger partial charge in [-0.2, -0.15) is 0 Å². The van der Waals surface area contributed by atoms with Crippen LogP contribution in [0.3, 0.4) is 0 Å². The summed E-state index contributed by atoms with van der Waals surface area (Å²) in [7, 11) is 0. The lowest BCUT2D eigenvalue weighted by Crippen LogP contribution is -2.42. The lowest BCUT2D eigenvalue weighted by atomic mass is 10.4. The maximum atomic E-state index is 11.3. The molecule has 0 unspecified atom stereocenters. The van der Waals surface area contributed by atoms with Gasteiger partial charge in [0.15, 0.2) is 11.6 Å². The normalized spacial score (nSPS) is 10.4. The molecule has 0 bridgehead atoms. The van der Waals surface area contributed by atoms with Gasteiger partial charge in [0.1, 0.15) is 5.76 Å². The van der Waals surface area contributed by atoms with Crippen LogP contribution in [0.4, 0.5) is 11.6 Å². The monoisotopic (exact) mass is 253 g/mol. The number of nitrogens with two attached hydrogens (primary N) is 1. The molecule has 0 aliphatic heterocycles. The summed E-state index contributed by atoms with van der Waals surface area (Å²) in [5.74, 6) is -0.0511. The van der Waals surface area contributed by atoms with Crippen LogP contribution in [0.15, 0.2) is 27.6 Å². The number of nitrogen functional groups attached to an aromatic ring is 1.